The molecule has 0 aliphatic rings. The van der Waals surface area contributed by atoms with E-state index in [1.807, 2.05) is 19.2 Å². The first kappa shape index (κ1) is 21.6. The third kappa shape index (κ3) is 6.45. The van der Waals surface area contributed by atoms with Crippen molar-refractivity contribution in [3.05, 3.63) is 56.2 Å². The van der Waals surface area contributed by atoms with Crippen LogP contribution in [0.25, 0.3) is 0 Å². The Morgan fingerprint density at radius 2 is 1.70 bits per heavy atom. The summed E-state index contributed by atoms with van der Waals surface area (Å²) in [5, 5.41) is 5.60. The van der Waals surface area contributed by atoms with E-state index in [0.29, 0.717) is 14.9 Å². The lowest BCUT2D eigenvalue weighted by atomic mass is 9.94. The van der Waals surface area contributed by atoms with E-state index in [0.717, 1.165) is 5.56 Å². The normalized spacial score (nSPS) is 11.3. The fourth-order valence-electron chi connectivity index (χ4n) is 2.56. The van der Waals surface area contributed by atoms with Crippen LogP contribution in [-0.4, -0.2) is 17.5 Å². The molecule has 2 aromatic rings. The lowest BCUT2D eigenvalue weighted by Crippen LogP contribution is -2.41. The van der Waals surface area contributed by atoms with Crippen LogP contribution in [0.5, 0.6) is 0 Å². The SMILES string of the molecule is CC(C)(NC(=O)CCC(=O)CCC(=O)c1cccs1)c1ccc(Cl)c(Cl)c1. The monoisotopic (exact) mass is 425 g/mol. The zero-order chi connectivity index (χ0) is 20.0. The van der Waals surface area contributed by atoms with Gasteiger partial charge in [-0.05, 0) is 43.0 Å². The second kappa shape index (κ2) is 9.49. The van der Waals surface area contributed by atoms with E-state index in [2.05, 4.69) is 5.32 Å². The predicted molar refractivity (Wildman–Crippen MR) is 110 cm³/mol. The molecule has 144 valence electrons. The summed E-state index contributed by atoms with van der Waals surface area (Å²) < 4.78 is 0. The summed E-state index contributed by atoms with van der Waals surface area (Å²) >= 11 is 13.3. The van der Waals surface area contributed by atoms with E-state index in [-0.39, 0.29) is 43.2 Å². The summed E-state index contributed by atoms with van der Waals surface area (Å²) in [7, 11) is 0. The molecule has 1 N–H and O–H groups in total. The molecule has 0 aliphatic heterocycles. The maximum Gasteiger partial charge on any atom is 0.221 e. The molecule has 0 radical (unpaired) electrons. The minimum Gasteiger partial charge on any atom is -0.347 e. The molecule has 0 atom stereocenters. The minimum absolute atomic E-state index is 0.0384. The molecular formula is C20H21Cl2NO3S. The Labute approximate surface area is 172 Å². The summed E-state index contributed by atoms with van der Waals surface area (Å²) in [6.07, 6.45) is 0.522. The van der Waals surface area contributed by atoms with Crippen LogP contribution in [0, 0.1) is 0 Å². The van der Waals surface area contributed by atoms with Crippen LogP contribution in [0.4, 0.5) is 0 Å². The molecule has 0 fully saturated rings. The Morgan fingerprint density at radius 3 is 2.33 bits per heavy atom. The van der Waals surface area contributed by atoms with E-state index in [1.165, 1.54) is 11.3 Å². The number of nitrogens with one attached hydrogen (secondary N) is 1. The Bertz CT molecular complexity index is 832. The molecule has 0 bridgehead atoms. The van der Waals surface area contributed by atoms with Gasteiger partial charge in [0.05, 0.1) is 20.5 Å². The van der Waals surface area contributed by atoms with Crippen molar-refractivity contribution in [1.29, 1.82) is 0 Å². The standard InChI is InChI=1S/C20H21Cl2NO3S/c1-20(2,13-5-8-15(21)16(22)12-13)23-19(26)10-7-14(24)6-9-17(25)18-4-3-11-27-18/h3-5,8,11-12H,6-7,9-10H2,1-2H3,(H,23,26). The van der Waals surface area contributed by atoms with E-state index >= 15 is 0 Å². The molecule has 27 heavy (non-hydrogen) atoms. The number of hydrogen-bond acceptors (Lipinski definition) is 4. The van der Waals surface area contributed by atoms with Gasteiger partial charge in [-0.15, -0.1) is 11.3 Å². The predicted octanol–water partition coefficient (Wildman–Crippen LogP) is 5.42. The largest absolute Gasteiger partial charge is 0.347 e. The molecule has 0 aliphatic carbocycles. The molecule has 0 saturated carbocycles. The van der Waals surface area contributed by atoms with Gasteiger partial charge < -0.3 is 5.32 Å². The van der Waals surface area contributed by atoms with E-state index < -0.39 is 5.54 Å². The number of carbonyl (C=O) groups excluding carboxylic acids is 3. The van der Waals surface area contributed by atoms with Crippen LogP contribution in [0.1, 0.15) is 54.8 Å². The molecule has 1 heterocycles. The first-order valence-corrected chi connectivity index (χ1v) is 10.2. The van der Waals surface area contributed by atoms with E-state index in [1.54, 1.807) is 30.3 Å². The summed E-state index contributed by atoms with van der Waals surface area (Å²) in [4.78, 5) is 36.8. The van der Waals surface area contributed by atoms with Gasteiger partial charge in [0.1, 0.15) is 5.78 Å². The zero-order valence-electron chi connectivity index (χ0n) is 15.2. The molecule has 0 saturated heterocycles. The number of rotatable bonds is 9. The van der Waals surface area contributed by atoms with Crippen LogP contribution >= 0.6 is 34.5 Å². The van der Waals surface area contributed by atoms with E-state index in [9.17, 15) is 14.4 Å². The van der Waals surface area contributed by atoms with Crippen LogP contribution in [0.2, 0.25) is 10.0 Å². The van der Waals surface area contributed by atoms with Crippen molar-refractivity contribution in [2.45, 2.75) is 45.1 Å². The number of benzene rings is 1. The first-order valence-electron chi connectivity index (χ1n) is 8.54. The van der Waals surface area contributed by atoms with Gasteiger partial charge in [0, 0.05) is 25.7 Å². The fraction of sp³-hybridized carbons (Fsp3) is 0.350. The smallest absolute Gasteiger partial charge is 0.221 e. The van der Waals surface area contributed by atoms with Crippen LogP contribution < -0.4 is 5.32 Å². The van der Waals surface area contributed by atoms with Gasteiger partial charge in [0.15, 0.2) is 5.78 Å². The van der Waals surface area contributed by atoms with E-state index in [4.69, 9.17) is 23.2 Å². The maximum atomic E-state index is 12.2. The van der Waals surface area contributed by atoms with Gasteiger partial charge in [0.25, 0.3) is 0 Å². The molecule has 2 rings (SSSR count). The Balaban J connectivity index is 1.79. The third-order valence-electron chi connectivity index (χ3n) is 4.15. The Hall–Kier alpha value is -1.69. The zero-order valence-corrected chi connectivity index (χ0v) is 17.5. The second-order valence-corrected chi connectivity index (χ2v) is 8.50. The van der Waals surface area contributed by atoms with Crippen molar-refractivity contribution in [1.82, 2.24) is 5.32 Å². The average molecular weight is 426 g/mol. The van der Waals surface area contributed by atoms with Crippen LogP contribution in [0.3, 0.4) is 0 Å². The second-order valence-electron chi connectivity index (χ2n) is 6.74. The molecule has 4 nitrogen and oxygen atoms in total. The van der Waals surface area contributed by atoms with Gasteiger partial charge in [0.2, 0.25) is 5.91 Å². The van der Waals surface area contributed by atoms with Gasteiger partial charge in [-0.2, -0.15) is 0 Å². The summed E-state index contributed by atoms with van der Waals surface area (Å²) in [6, 6.07) is 8.75. The van der Waals surface area contributed by atoms with Gasteiger partial charge in [-0.25, -0.2) is 0 Å². The lowest BCUT2D eigenvalue weighted by molar-refractivity contribution is -0.126. The number of thiophene rings is 1. The number of carbonyl (C=O) groups is 3. The number of ketones is 2. The maximum absolute atomic E-state index is 12.2. The Morgan fingerprint density at radius 1 is 1.00 bits per heavy atom. The van der Waals surface area contributed by atoms with Crippen molar-refractivity contribution in [2.24, 2.45) is 0 Å². The molecule has 1 aromatic carbocycles. The third-order valence-corrected chi connectivity index (χ3v) is 5.80. The summed E-state index contributed by atoms with van der Waals surface area (Å²) in [5.41, 5.74) is 0.168. The molecule has 0 unspecified atom stereocenters. The highest BCUT2D eigenvalue weighted by atomic mass is 35.5. The number of Topliss-reactive ketones (excluding diaryl/α,β-unsaturated/α-hetero) is 2. The van der Waals surface area contributed by atoms with Crippen molar-refractivity contribution < 1.29 is 14.4 Å². The number of amides is 1. The van der Waals surface area contributed by atoms with Crippen LogP contribution in [0.15, 0.2) is 35.7 Å². The quantitative estimate of drug-likeness (QED) is 0.545. The lowest BCUT2D eigenvalue weighted by Gasteiger charge is -2.27. The molecular weight excluding hydrogens is 405 g/mol. The highest BCUT2D eigenvalue weighted by Crippen LogP contribution is 2.28. The molecule has 1 aromatic heterocycles. The van der Waals surface area contributed by atoms with Gasteiger partial charge >= 0.3 is 0 Å². The molecule has 7 heteroatoms. The van der Waals surface area contributed by atoms with Gasteiger partial charge in [-0.3, -0.25) is 14.4 Å². The summed E-state index contributed by atoms with van der Waals surface area (Å²) in [5.74, 6) is -0.366. The van der Waals surface area contributed by atoms with Crippen molar-refractivity contribution in [3.8, 4) is 0 Å². The van der Waals surface area contributed by atoms with Crippen molar-refractivity contribution >= 4 is 52.0 Å². The summed E-state index contributed by atoms with van der Waals surface area (Å²) in [6.45, 7) is 3.71. The van der Waals surface area contributed by atoms with Gasteiger partial charge in [-0.1, -0.05) is 35.3 Å². The number of halogens is 2. The number of hydrogen-bond donors (Lipinski definition) is 1. The molecule has 0 spiro atoms. The Kier molecular flexibility index (Phi) is 7.59. The minimum atomic E-state index is -0.649. The highest BCUT2D eigenvalue weighted by Gasteiger charge is 2.24. The van der Waals surface area contributed by atoms with Crippen molar-refractivity contribution in [3.63, 3.8) is 0 Å². The average Bonchev–Trinajstić information content (AvgIpc) is 3.14. The fourth-order valence-corrected chi connectivity index (χ4v) is 3.55. The van der Waals surface area contributed by atoms with Crippen LogP contribution in [-0.2, 0) is 15.1 Å². The topological polar surface area (TPSA) is 63.2 Å². The first-order chi connectivity index (χ1) is 12.7. The highest BCUT2D eigenvalue weighted by molar-refractivity contribution is 7.12. The van der Waals surface area contributed by atoms with Crippen molar-refractivity contribution in [2.75, 3.05) is 0 Å². The molecule has 1 amide bonds.